The lowest BCUT2D eigenvalue weighted by Gasteiger charge is -2.05. The number of aliphatic imine (C=N–C) groups is 1. The molecule has 0 amide bonds. The van der Waals surface area contributed by atoms with E-state index in [-0.39, 0.29) is 24.0 Å². The number of ether oxygens (including phenoxy) is 1. The minimum Gasteiger partial charge on any atom is -0.497 e. The van der Waals surface area contributed by atoms with Gasteiger partial charge in [-0.25, -0.2) is 9.98 Å². The number of H-pyrrole nitrogens is 1. The maximum atomic E-state index is 5.90. The van der Waals surface area contributed by atoms with Gasteiger partial charge in [0.1, 0.15) is 18.1 Å². The van der Waals surface area contributed by atoms with Gasteiger partial charge in [0.15, 0.2) is 11.8 Å². The van der Waals surface area contributed by atoms with Crippen molar-refractivity contribution >= 4 is 35.6 Å². The highest BCUT2D eigenvalue weighted by Crippen LogP contribution is 2.19. The number of hydrogen-bond donors (Lipinski definition) is 3. The molecule has 1 heterocycles. The van der Waals surface area contributed by atoms with Crippen LogP contribution in [0, 0.1) is 6.92 Å². The normalized spacial score (nSPS) is 10.9. The molecule has 136 valence electrons. The Balaban J connectivity index is 0.00000243. The Hall–Kier alpha value is -2.62. The maximum Gasteiger partial charge on any atom is 0.193 e. The zero-order valence-corrected chi connectivity index (χ0v) is 16.9. The van der Waals surface area contributed by atoms with Gasteiger partial charge < -0.3 is 15.8 Å². The number of methoxy groups -OCH3 is 1. The number of aromatic nitrogens is 3. The van der Waals surface area contributed by atoms with Crippen LogP contribution in [0.3, 0.4) is 0 Å². The maximum absolute atomic E-state index is 5.90. The summed E-state index contributed by atoms with van der Waals surface area (Å²) in [6, 6.07) is 15.5. The van der Waals surface area contributed by atoms with Crippen LogP contribution in [0.5, 0.6) is 5.75 Å². The lowest BCUT2D eigenvalue weighted by Crippen LogP contribution is -2.22. The number of guanidine groups is 1. The van der Waals surface area contributed by atoms with E-state index in [1.165, 1.54) is 5.56 Å². The Bertz CT molecular complexity index is 858. The van der Waals surface area contributed by atoms with Crippen LogP contribution < -0.4 is 15.8 Å². The minimum absolute atomic E-state index is 0. The zero-order valence-electron chi connectivity index (χ0n) is 14.6. The van der Waals surface area contributed by atoms with Gasteiger partial charge in [0.05, 0.1) is 7.11 Å². The molecule has 0 aliphatic rings. The van der Waals surface area contributed by atoms with E-state index >= 15 is 0 Å². The number of hydrogen-bond acceptors (Lipinski definition) is 4. The van der Waals surface area contributed by atoms with Crippen molar-refractivity contribution in [3.63, 3.8) is 0 Å². The number of nitrogens with one attached hydrogen (secondary N) is 2. The molecule has 0 saturated heterocycles. The van der Waals surface area contributed by atoms with Crippen LogP contribution in [0.15, 0.2) is 53.5 Å². The number of rotatable bonds is 5. The van der Waals surface area contributed by atoms with Crippen LogP contribution in [-0.2, 0) is 6.54 Å². The van der Waals surface area contributed by atoms with Gasteiger partial charge in [-0.15, -0.1) is 24.0 Å². The van der Waals surface area contributed by atoms with E-state index in [9.17, 15) is 0 Å². The Kier molecular flexibility index (Phi) is 6.96. The van der Waals surface area contributed by atoms with Crippen molar-refractivity contribution in [2.75, 3.05) is 12.4 Å². The molecule has 4 N–H and O–H groups in total. The number of nitrogens with zero attached hydrogens (tertiary/aromatic N) is 3. The van der Waals surface area contributed by atoms with Gasteiger partial charge in [-0.05, 0) is 43.3 Å². The Morgan fingerprint density at radius 3 is 2.50 bits per heavy atom. The second kappa shape index (κ2) is 9.18. The molecule has 8 heteroatoms. The smallest absolute Gasteiger partial charge is 0.193 e. The highest BCUT2D eigenvalue weighted by atomic mass is 127. The van der Waals surface area contributed by atoms with E-state index in [1.54, 1.807) is 7.11 Å². The summed E-state index contributed by atoms with van der Waals surface area (Å²) in [7, 11) is 1.63. The van der Waals surface area contributed by atoms with Crippen molar-refractivity contribution in [1.82, 2.24) is 15.2 Å². The number of aryl methyl sites for hydroxylation is 1. The van der Waals surface area contributed by atoms with Gasteiger partial charge >= 0.3 is 0 Å². The Morgan fingerprint density at radius 1 is 1.15 bits per heavy atom. The fourth-order valence-electron chi connectivity index (χ4n) is 2.22. The zero-order chi connectivity index (χ0) is 17.6. The molecule has 3 aromatic rings. The largest absolute Gasteiger partial charge is 0.497 e. The van der Waals surface area contributed by atoms with E-state index in [2.05, 4.69) is 25.5 Å². The molecular formula is C18H21IN6O. The molecule has 0 atom stereocenters. The lowest BCUT2D eigenvalue weighted by atomic mass is 10.2. The number of halogens is 1. The van der Waals surface area contributed by atoms with Crippen LogP contribution in [-0.4, -0.2) is 28.3 Å². The molecule has 26 heavy (non-hydrogen) atoms. The van der Waals surface area contributed by atoms with E-state index in [0.29, 0.717) is 24.2 Å². The molecule has 2 aromatic carbocycles. The molecule has 1 aromatic heterocycles. The van der Waals surface area contributed by atoms with Gasteiger partial charge in [0.2, 0.25) is 0 Å². The van der Waals surface area contributed by atoms with Crippen molar-refractivity contribution in [2.24, 2.45) is 10.7 Å². The predicted molar refractivity (Wildman–Crippen MR) is 114 cm³/mol. The van der Waals surface area contributed by atoms with E-state index in [0.717, 1.165) is 17.0 Å². The number of aromatic amines is 1. The molecule has 3 rings (SSSR count). The topological polar surface area (TPSA) is 101 Å². The fourth-order valence-corrected chi connectivity index (χ4v) is 2.22. The van der Waals surface area contributed by atoms with E-state index in [4.69, 9.17) is 10.5 Å². The minimum atomic E-state index is 0. The molecule has 0 radical (unpaired) electrons. The number of nitrogens with two attached hydrogens (primary N) is 1. The van der Waals surface area contributed by atoms with E-state index in [1.807, 2.05) is 55.5 Å². The van der Waals surface area contributed by atoms with Gasteiger partial charge in [0.25, 0.3) is 0 Å². The molecule has 0 bridgehead atoms. The molecule has 0 spiro atoms. The van der Waals surface area contributed by atoms with Crippen LogP contribution in [0.1, 0.15) is 11.4 Å². The molecule has 0 aliphatic heterocycles. The lowest BCUT2D eigenvalue weighted by molar-refractivity contribution is 0.415. The summed E-state index contributed by atoms with van der Waals surface area (Å²) in [5.41, 5.74) is 8.89. The highest BCUT2D eigenvalue weighted by molar-refractivity contribution is 14.0. The quantitative estimate of drug-likeness (QED) is 0.306. The fraction of sp³-hybridized carbons (Fsp3) is 0.167. The summed E-state index contributed by atoms with van der Waals surface area (Å²) in [6.45, 7) is 2.35. The third-order valence-corrected chi connectivity index (χ3v) is 3.60. The summed E-state index contributed by atoms with van der Waals surface area (Å²) in [6.07, 6.45) is 0. The third kappa shape index (κ3) is 5.19. The van der Waals surface area contributed by atoms with Crippen LogP contribution in [0.4, 0.5) is 5.69 Å². The first-order valence-electron chi connectivity index (χ1n) is 7.83. The Morgan fingerprint density at radius 2 is 1.85 bits per heavy atom. The van der Waals surface area contributed by atoms with Crippen LogP contribution >= 0.6 is 24.0 Å². The molecular weight excluding hydrogens is 443 g/mol. The van der Waals surface area contributed by atoms with E-state index < -0.39 is 0 Å². The summed E-state index contributed by atoms with van der Waals surface area (Å²) >= 11 is 0. The highest BCUT2D eigenvalue weighted by Gasteiger charge is 2.06. The van der Waals surface area contributed by atoms with Crippen LogP contribution in [0.2, 0.25) is 0 Å². The second-order valence-corrected chi connectivity index (χ2v) is 5.53. The summed E-state index contributed by atoms with van der Waals surface area (Å²) < 4.78 is 5.14. The second-order valence-electron chi connectivity index (χ2n) is 5.53. The van der Waals surface area contributed by atoms with Gasteiger partial charge in [-0.3, -0.25) is 5.10 Å². The first-order chi connectivity index (χ1) is 12.1. The SMILES string of the molecule is COc1ccc(-c2n[nH]c(CN=C(N)Nc3ccc(C)cc3)n2)cc1.I. The summed E-state index contributed by atoms with van der Waals surface area (Å²) in [4.78, 5) is 8.70. The monoisotopic (exact) mass is 464 g/mol. The average Bonchev–Trinajstić information content (AvgIpc) is 3.11. The van der Waals surface area contributed by atoms with Crippen molar-refractivity contribution < 1.29 is 4.74 Å². The Labute approximate surface area is 169 Å². The van der Waals surface area contributed by atoms with Gasteiger partial charge in [-0.1, -0.05) is 17.7 Å². The predicted octanol–water partition coefficient (Wildman–Crippen LogP) is 3.33. The van der Waals surface area contributed by atoms with Crippen molar-refractivity contribution in [2.45, 2.75) is 13.5 Å². The first-order valence-corrected chi connectivity index (χ1v) is 7.83. The summed E-state index contributed by atoms with van der Waals surface area (Å²) in [5.74, 6) is 2.36. The van der Waals surface area contributed by atoms with Crippen molar-refractivity contribution in [1.29, 1.82) is 0 Å². The number of benzene rings is 2. The third-order valence-electron chi connectivity index (χ3n) is 3.60. The average molecular weight is 464 g/mol. The standard InChI is InChI=1S/C18H20N6O.HI/c1-12-3-7-14(8-4-12)21-18(19)20-11-16-22-17(24-23-16)13-5-9-15(25-2)10-6-13;/h3-10H,11H2,1-2H3,(H3,19,20,21)(H,22,23,24);1H. The molecule has 0 fully saturated rings. The number of anilines is 1. The molecule has 0 saturated carbocycles. The van der Waals surface area contributed by atoms with Crippen molar-refractivity contribution in [3.05, 3.63) is 59.9 Å². The summed E-state index contributed by atoms with van der Waals surface area (Å²) in [5, 5.41) is 10.1. The van der Waals surface area contributed by atoms with Crippen molar-refractivity contribution in [3.8, 4) is 17.1 Å². The van der Waals surface area contributed by atoms with Crippen LogP contribution in [0.25, 0.3) is 11.4 Å². The first kappa shape index (κ1) is 19.7. The molecule has 0 unspecified atom stereocenters. The van der Waals surface area contributed by atoms with Gasteiger partial charge in [-0.2, -0.15) is 5.10 Å². The molecule has 7 nitrogen and oxygen atoms in total. The molecule has 0 aliphatic carbocycles. The van der Waals surface area contributed by atoms with Gasteiger partial charge in [0, 0.05) is 11.3 Å².